The maximum absolute atomic E-state index is 12.3. The van der Waals surface area contributed by atoms with Gasteiger partial charge in [-0.2, -0.15) is 5.10 Å². The van der Waals surface area contributed by atoms with Gasteiger partial charge in [0.25, 0.3) is 5.91 Å². The van der Waals surface area contributed by atoms with Crippen LogP contribution in [0.15, 0.2) is 58.3 Å². The fourth-order valence-electron chi connectivity index (χ4n) is 2.42. The van der Waals surface area contributed by atoms with Gasteiger partial charge in [0, 0.05) is 10.6 Å². The second-order valence-electron chi connectivity index (χ2n) is 6.17. The number of thiocarbonyl (C=S) groups is 2. The molecule has 1 amide bonds. The van der Waals surface area contributed by atoms with Crippen LogP contribution < -0.4 is 21.8 Å². The average Bonchev–Trinajstić information content (AvgIpc) is 3.38. The minimum Gasteiger partial charge on any atom is -0.465 e. The van der Waals surface area contributed by atoms with E-state index in [0.29, 0.717) is 32.9 Å². The summed E-state index contributed by atoms with van der Waals surface area (Å²) in [5, 5.41) is 10.9. The molecule has 12 heteroatoms. The molecule has 2 aromatic heterocycles. The third-order valence-electron chi connectivity index (χ3n) is 3.82. The number of hydrogen-bond donors (Lipinski definition) is 4. The maximum atomic E-state index is 12.3. The van der Waals surface area contributed by atoms with Crippen LogP contribution >= 0.6 is 47.4 Å². The lowest BCUT2D eigenvalue weighted by Gasteiger charge is -2.07. The van der Waals surface area contributed by atoms with E-state index in [0.717, 1.165) is 4.88 Å². The number of aromatic nitrogens is 1. The molecule has 2 heterocycles. The van der Waals surface area contributed by atoms with Crippen molar-refractivity contribution in [3.8, 4) is 0 Å². The number of allylic oxidation sites excluding steroid dienone is 1. The molecule has 3 aromatic rings. The molecule has 0 bridgehead atoms. The number of nitrogens with two attached hydrogens (primary N) is 1. The summed E-state index contributed by atoms with van der Waals surface area (Å²) in [4.78, 5) is 17.5. The molecular formula is C20H17ClN6O2S3. The number of carbonyl (C=O) groups is 1. The summed E-state index contributed by atoms with van der Waals surface area (Å²) < 4.78 is 5.31. The van der Waals surface area contributed by atoms with E-state index in [2.05, 4.69) is 26.1 Å². The Labute approximate surface area is 203 Å². The Kier molecular flexibility index (Phi) is 8.06. The molecule has 0 spiro atoms. The number of nitrogens with zero attached hydrogens (tertiary/aromatic N) is 2. The van der Waals surface area contributed by atoms with E-state index in [4.69, 9.17) is 46.2 Å². The van der Waals surface area contributed by atoms with Crippen LogP contribution in [0.4, 0.5) is 5.13 Å². The van der Waals surface area contributed by atoms with Gasteiger partial charge < -0.3 is 15.5 Å². The smallest absolute Gasteiger partial charge is 0.257 e. The molecule has 0 aliphatic rings. The molecule has 8 nitrogen and oxygen atoms in total. The predicted octanol–water partition coefficient (Wildman–Crippen LogP) is 4.08. The number of amides is 1. The Balaban J connectivity index is 1.74. The van der Waals surface area contributed by atoms with Gasteiger partial charge in [0.2, 0.25) is 0 Å². The second kappa shape index (κ2) is 11.0. The quantitative estimate of drug-likeness (QED) is 0.225. The first-order chi connectivity index (χ1) is 15.3. The van der Waals surface area contributed by atoms with Crippen molar-refractivity contribution in [2.24, 2.45) is 10.8 Å². The minimum atomic E-state index is -0.364. The molecule has 1 aromatic carbocycles. The van der Waals surface area contributed by atoms with Crippen LogP contribution in [0.1, 0.15) is 26.7 Å². The summed E-state index contributed by atoms with van der Waals surface area (Å²) in [7, 11) is 0. The standard InChI is InChI=1S/C20H17ClN6O2S3/c1-11-16(15(26-27-18(22)30)9-8-14-3-2-10-29-14)32-20(23-11)25-19(31)24-17(28)12-4-6-13(21)7-5-12/h2-10H,1H3,(H3,22,27,30)(H2,23,24,25,28,31)/b9-8?,26-15+. The molecular weight excluding hydrogens is 488 g/mol. The zero-order valence-electron chi connectivity index (χ0n) is 16.6. The third-order valence-corrected chi connectivity index (χ3v) is 5.46. The largest absolute Gasteiger partial charge is 0.465 e. The number of nitrogens with one attached hydrogen (secondary N) is 3. The Morgan fingerprint density at radius 1 is 1.28 bits per heavy atom. The van der Waals surface area contributed by atoms with Gasteiger partial charge >= 0.3 is 0 Å². The summed E-state index contributed by atoms with van der Waals surface area (Å²) in [6, 6.07) is 10.1. The number of thiazole rings is 1. The molecule has 0 aliphatic heterocycles. The fraction of sp³-hybridized carbons (Fsp3) is 0.0500. The summed E-state index contributed by atoms with van der Waals surface area (Å²) in [5.74, 6) is 0.289. The van der Waals surface area contributed by atoms with Crippen LogP contribution in [0.2, 0.25) is 5.02 Å². The molecule has 5 N–H and O–H groups in total. The van der Waals surface area contributed by atoms with E-state index in [1.807, 2.05) is 13.0 Å². The maximum Gasteiger partial charge on any atom is 0.257 e. The predicted molar refractivity (Wildman–Crippen MR) is 136 cm³/mol. The molecule has 0 radical (unpaired) electrons. The summed E-state index contributed by atoms with van der Waals surface area (Å²) in [6.45, 7) is 1.82. The lowest BCUT2D eigenvalue weighted by molar-refractivity contribution is 0.0977. The Bertz CT molecular complexity index is 1190. The molecule has 32 heavy (non-hydrogen) atoms. The number of anilines is 1. The Morgan fingerprint density at radius 3 is 2.69 bits per heavy atom. The van der Waals surface area contributed by atoms with Gasteiger partial charge in [-0.15, -0.1) is 0 Å². The molecule has 0 atom stereocenters. The van der Waals surface area contributed by atoms with E-state index in [9.17, 15) is 4.79 Å². The number of hydrazone groups is 1. The highest BCUT2D eigenvalue weighted by molar-refractivity contribution is 7.80. The van der Waals surface area contributed by atoms with Crippen molar-refractivity contribution in [1.29, 1.82) is 0 Å². The molecule has 0 fully saturated rings. The SMILES string of the molecule is Cc1nc(NC(=S)NC(=O)c2ccc(Cl)cc2)sc1/C(C=Cc1ccco1)=N/NC(N)=S. The summed E-state index contributed by atoms with van der Waals surface area (Å²) in [5.41, 5.74) is 9.74. The number of halogens is 1. The van der Waals surface area contributed by atoms with Gasteiger partial charge in [0.1, 0.15) is 11.5 Å². The molecule has 3 rings (SSSR count). The Hall–Kier alpha value is -3.12. The lowest BCUT2D eigenvalue weighted by atomic mass is 10.2. The van der Waals surface area contributed by atoms with Crippen molar-refractivity contribution in [1.82, 2.24) is 15.7 Å². The first-order valence-corrected chi connectivity index (χ1v) is 11.0. The normalized spacial score (nSPS) is 11.4. The first kappa shape index (κ1) is 23.5. The van der Waals surface area contributed by atoms with Crippen LogP contribution in [0.25, 0.3) is 6.08 Å². The minimum absolute atomic E-state index is 0.0282. The van der Waals surface area contributed by atoms with Gasteiger partial charge in [-0.1, -0.05) is 22.9 Å². The second-order valence-corrected chi connectivity index (χ2v) is 8.45. The van der Waals surface area contributed by atoms with E-state index in [1.54, 1.807) is 48.7 Å². The van der Waals surface area contributed by atoms with E-state index >= 15 is 0 Å². The van der Waals surface area contributed by atoms with Crippen molar-refractivity contribution < 1.29 is 9.21 Å². The number of furan rings is 1. The van der Waals surface area contributed by atoms with Crippen LogP contribution in [0, 0.1) is 6.92 Å². The summed E-state index contributed by atoms with van der Waals surface area (Å²) >= 11 is 17.2. The van der Waals surface area contributed by atoms with Crippen molar-refractivity contribution in [2.75, 3.05) is 5.32 Å². The highest BCUT2D eigenvalue weighted by Crippen LogP contribution is 2.24. The molecule has 0 saturated heterocycles. The Morgan fingerprint density at radius 2 is 2.03 bits per heavy atom. The van der Waals surface area contributed by atoms with Crippen molar-refractivity contribution >= 4 is 80.4 Å². The molecule has 0 unspecified atom stereocenters. The number of rotatable bonds is 6. The zero-order chi connectivity index (χ0) is 23.1. The van der Waals surface area contributed by atoms with E-state index < -0.39 is 0 Å². The van der Waals surface area contributed by atoms with E-state index in [-0.39, 0.29) is 16.1 Å². The lowest BCUT2D eigenvalue weighted by Crippen LogP contribution is -2.34. The highest BCUT2D eigenvalue weighted by Gasteiger charge is 2.15. The number of benzene rings is 1. The van der Waals surface area contributed by atoms with Crippen molar-refractivity contribution in [2.45, 2.75) is 6.92 Å². The summed E-state index contributed by atoms with van der Waals surface area (Å²) in [6.07, 6.45) is 5.07. The monoisotopic (exact) mass is 504 g/mol. The van der Waals surface area contributed by atoms with Crippen LogP contribution in [-0.2, 0) is 0 Å². The highest BCUT2D eigenvalue weighted by atomic mass is 35.5. The number of carbonyl (C=O) groups excluding carboxylic acids is 1. The molecule has 0 saturated carbocycles. The van der Waals surface area contributed by atoms with Crippen LogP contribution in [0.3, 0.4) is 0 Å². The average molecular weight is 505 g/mol. The van der Waals surface area contributed by atoms with Gasteiger partial charge in [-0.3, -0.25) is 15.5 Å². The number of hydrogen-bond acceptors (Lipinski definition) is 7. The van der Waals surface area contributed by atoms with Crippen LogP contribution in [0.5, 0.6) is 0 Å². The fourth-order valence-corrected chi connectivity index (χ4v) is 3.78. The van der Waals surface area contributed by atoms with Gasteiger partial charge in [0.05, 0.1) is 16.8 Å². The van der Waals surface area contributed by atoms with Gasteiger partial charge in [-0.05, 0) is 79.9 Å². The van der Waals surface area contributed by atoms with Gasteiger partial charge in [0.15, 0.2) is 15.4 Å². The molecule has 0 aliphatic carbocycles. The van der Waals surface area contributed by atoms with E-state index in [1.165, 1.54) is 11.3 Å². The third kappa shape index (κ3) is 6.69. The number of aryl methyl sites for hydroxylation is 1. The topological polar surface area (TPSA) is 118 Å². The van der Waals surface area contributed by atoms with Crippen molar-refractivity contribution in [3.63, 3.8) is 0 Å². The zero-order valence-corrected chi connectivity index (χ0v) is 19.8. The van der Waals surface area contributed by atoms with Crippen LogP contribution in [-0.4, -0.2) is 26.8 Å². The van der Waals surface area contributed by atoms with Gasteiger partial charge in [-0.25, -0.2) is 4.98 Å². The first-order valence-electron chi connectivity index (χ1n) is 9.02. The molecule has 164 valence electrons. The van der Waals surface area contributed by atoms with Crippen molar-refractivity contribution in [3.05, 3.63) is 75.7 Å².